The minimum atomic E-state index is -5.75. The van der Waals surface area contributed by atoms with Gasteiger partial charge in [-0.15, -0.1) is 5.10 Å². The van der Waals surface area contributed by atoms with Crippen molar-refractivity contribution < 1.29 is 56.3 Å². The van der Waals surface area contributed by atoms with Crippen molar-refractivity contribution in [1.29, 1.82) is 0 Å². The first-order valence-electron chi connectivity index (χ1n) is 11.1. The number of phosphoric acid groups is 3. The third kappa shape index (κ3) is 8.64. The summed E-state index contributed by atoms with van der Waals surface area (Å²) in [4.78, 5) is 63.6. The number of benzene rings is 1. The van der Waals surface area contributed by atoms with Gasteiger partial charge in [0.15, 0.2) is 0 Å². The van der Waals surface area contributed by atoms with Gasteiger partial charge in [-0.3, -0.25) is 18.9 Å². The van der Waals surface area contributed by atoms with Gasteiger partial charge >= 0.3 is 29.2 Å². The summed E-state index contributed by atoms with van der Waals surface area (Å²) in [6.07, 6.45) is -1.79. The lowest BCUT2D eigenvalue weighted by Gasteiger charge is -2.19. The van der Waals surface area contributed by atoms with Crippen molar-refractivity contribution in [1.82, 2.24) is 24.5 Å². The fourth-order valence-electron chi connectivity index (χ4n) is 3.68. The molecule has 0 radical (unpaired) electrons. The Morgan fingerprint density at radius 3 is 2.20 bits per heavy atom. The maximum absolute atomic E-state index is 12.7. The highest BCUT2D eigenvalue weighted by atomic mass is 127. The standard InChI is InChI=1S/C17H15Br3I2N5O14P3/c18-10-13(21)11(19)15(12(20)14(10)22)27-3-6(24-25-27)5-2-26(17(30)23-16(5)29)9-1-7(28)8(39-9)4-38-43(34,35)41-44(36,37)40-42(31,32)33/h2-3,7-9,28H,1,4H2,(H,34,35)(H,36,37)(H,23,29,30)(H2,31,32,33)/t7-,8?,9-/m1/s1. The molecule has 0 aliphatic carbocycles. The Bertz CT molecular complexity index is 1860. The second-order valence-electron chi connectivity index (χ2n) is 8.50. The average molecular weight is 1100 g/mol. The number of hydrogen-bond acceptors (Lipinski definition) is 12. The summed E-state index contributed by atoms with van der Waals surface area (Å²) < 4.78 is 57.8. The highest BCUT2D eigenvalue weighted by Crippen LogP contribution is 2.66. The maximum Gasteiger partial charge on any atom is 0.490 e. The van der Waals surface area contributed by atoms with Crippen molar-refractivity contribution in [2.45, 2.75) is 24.9 Å². The Labute approximate surface area is 296 Å². The summed E-state index contributed by atoms with van der Waals surface area (Å²) in [5.41, 5.74) is -1.20. The predicted octanol–water partition coefficient (Wildman–Crippen LogP) is 3.27. The molecule has 27 heteroatoms. The molecule has 44 heavy (non-hydrogen) atoms. The van der Waals surface area contributed by atoms with Gasteiger partial charge in [-0.2, -0.15) is 8.62 Å². The Hall–Kier alpha value is 0.270. The zero-order valence-corrected chi connectivity index (χ0v) is 32.5. The molecular weight excluding hydrogens is 1080 g/mol. The third-order valence-corrected chi connectivity index (χ3v) is 16.7. The van der Waals surface area contributed by atoms with Crippen LogP contribution in [0.1, 0.15) is 12.6 Å². The maximum atomic E-state index is 12.7. The molecule has 2 aromatic heterocycles. The van der Waals surface area contributed by atoms with Gasteiger partial charge in [0.2, 0.25) is 0 Å². The summed E-state index contributed by atoms with van der Waals surface area (Å²) >= 11 is 14.8. The molecule has 3 aromatic rings. The number of H-pyrrole nitrogens is 1. The van der Waals surface area contributed by atoms with Crippen molar-refractivity contribution in [3.63, 3.8) is 0 Å². The molecular formula is C17H15Br3I2N5O14P3. The molecule has 1 aliphatic rings. The molecule has 0 saturated carbocycles. The normalized spacial score (nSPS) is 21.7. The number of phosphoric ester groups is 1. The van der Waals surface area contributed by atoms with Crippen LogP contribution in [0.2, 0.25) is 0 Å². The molecule has 3 heterocycles. The third-order valence-electron chi connectivity index (χ3n) is 5.49. The predicted molar refractivity (Wildman–Crippen MR) is 175 cm³/mol. The minimum absolute atomic E-state index is 0.0643. The van der Waals surface area contributed by atoms with E-state index in [2.05, 4.69) is 121 Å². The fraction of sp³-hybridized carbons (Fsp3) is 0.294. The lowest BCUT2D eigenvalue weighted by atomic mass is 10.2. The molecule has 19 nitrogen and oxygen atoms in total. The van der Waals surface area contributed by atoms with Gasteiger partial charge < -0.3 is 29.4 Å². The van der Waals surface area contributed by atoms with Crippen LogP contribution in [0, 0.1) is 7.14 Å². The first kappa shape index (κ1) is 37.1. The van der Waals surface area contributed by atoms with Gasteiger partial charge in [0.1, 0.15) is 18.0 Å². The van der Waals surface area contributed by atoms with E-state index in [9.17, 15) is 38.2 Å². The molecule has 4 rings (SSSR count). The molecule has 0 amide bonds. The topological polar surface area (TPSA) is 275 Å². The lowest BCUT2D eigenvalue weighted by molar-refractivity contribution is -0.0449. The first-order valence-corrected chi connectivity index (χ1v) is 20.2. The van der Waals surface area contributed by atoms with Gasteiger partial charge in [-0.05, 0) is 93.0 Å². The zero-order chi connectivity index (χ0) is 32.9. The van der Waals surface area contributed by atoms with Crippen LogP contribution in [0.3, 0.4) is 0 Å². The number of hydrogen-bond donors (Lipinski definition) is 6. The monoisotopic (exact) mass is 1100 g/mol. The smallest absolute Gasteiger partial charge is 0.390 e. The van der Waals surface area contributed by atoms with Gasteiger partial charge in [0.25, 0.3) is 5.56 Å². The quantitative estimate of drug-likeness (QED) is 0.0736. The highest BCUT2D eigenvalue weighted by molar-refractivity contribution is 14.1. The molecule has 242 valence electrons. The van der Waals surface area contributed by atoms with Crippen LogP contribution in [0.5, 0.6) is 0 Å². The van der Waals surface area contributed by atoms with E-state index in [-0.39, 0.29) is 17.7 Å². The van der Waals surface area contributed by atoms with Crippen LogP contribution < -0.4 is 11.2 Å². The van der Waals surface area contributed by atoms with Crippen LogP contribution in [-0.4, -0.2) is 68.0 Å². The van der Waals surface area contributed by atoms with Gasteiger partial charge in [0, 0.05) is 24.2 Å². The van der Waals surface area contributed by atoms with Crippen LogP contribution in [-0.2, 0) is 31.6 Å². The number of aliphatic hydroxyl groups excluding tert-OH is 1. The second-order valence-corrected chi connectivity index (χ2v) is 17.5. The summed E-state index contributed by atoms with van der Waals surface area (Å²) in [6, 6.07) is 0. The van der Waals surface area contributed by atoms with E-state index in [0.717, 1.165) is 22.4 Å². The molecule has 1 aliphatic heterocycles. The van der Waals surface area contributed by atoms with Crippen molar-refractivity contribution in [3.8, 4) is 16.9 Å². The van der Waals surface area contributed by atoms with Crippen LogP contribution in [0.25, 0.3) is 16.9 Å². The molecule has 1 fully saturated rings. The fourth-order valence-corrected chi connectivity index (χ4v) is 10.6. The second kappa shape index (κ2) is 14.0. The van der Waals surface area contributed by atoms with Crippen molar-refractivity contribution in [2.75, 3.05) is 6.61 Å². The van der Waals surface area contributed by atoms with E-state index in [0.29, 0.717) is 14.6 Å². The van der Waals surface area contributed by atoms with Crippen molar-refractivity contribution in [2.24, 2.45) is 0 Å². The summed E-state index contributed by atoms with van der Waals surface area (Å²) in [5, 5.41) is 18.6. The Morgan fingerprint density at radius 1 is 1.00 bits per heavy atom. The van der Waals surface area contributed by atoms with Gasteiger partial charge in [-0.25, -0.2) is 23.2 Å². The van der Waals surface area contributed by atoms with Crippen LogP contribution in [0.15, 0.2) is 35.4 Å². The summed E-state index contributed by atoms with van der Waals surface area (Å²) in [7, 11) is -16.8. The molecule has 1 aromatic carbocycles. The number of ether oxygens (including phenoxy) is 1. The number of rotatable bonds is 10. The Balaban J connectivity index is 1.55. The van der Waals surface area contributed by atoms with E-state index in [1.165, 1.54) is 10.9 Å². The average Bonchev–Trinajstić information content (AvgIpc) is 3.50. The molecule has 0 spiro atoms. The summed E-state index contributed by atoms with van der Waals surface area (Å²) in [5.74, 6) is 0. The van der Waals surface area contributed by atoms with Crippen molar-refractivity contribution >= 4 is 116 Å². The van der Waals surface area contributed by atoms with Crippen LogP contribution in [0.4, 0.5) is 0 Å². The van der Waals surface area contributed by atoms with Crippen LogP contribution >= 0.6 is 116 Å². The molecule has 6 N–H and O–H groups in total. The molecule has 1 saturated heterocycles. The number of aromatic amines is 1. The number of nitrogens with zero attached hydrogens (tertiary/aromatic N) is 4. The van der Waals surface area contributed by atoms with E-state index >= 15 is 0 Å². The molecule has 0 bridgehead atoms. The number of aliphatic hydroxyl groups is 1. The van der Waals surface area contributed by atoms with Gasteiger partial charge in [-0.1, -0.05) is 5.21 Å². The van der Waals surface area contributed by atoms with E-state index < -0.39 is 59.8 Å². The van der Waals surface area contributed by atoms with E-state index in [4.69, 9.17) is 14.5 Å². The summed E-state index contributed by atoms with van der Waals surface area (Å²) in [6.45, 7) is -0.949. The molecule has 5 atom stereocenters. The Morgan fingerprint density at radius 2 is 1.61 bits per heavy atom. The largest absolute Gasteiger partial charge is 0.490 e. The van der Waals surface area contributed by atoms with E-state index in [1.54, 1.807) is 0 Å². The first-order chi connectivity index (χ1) is 20.2. The number of nitrogens with one attached hydrogen (secondary N) is 1. The Kier molecular flexibility index (Phi) is 11.8. The minimum Gasteiger partial charge on any atom is -0.390 e. The zero-order valence-electron chi connectivity index (χ0n) is 20.7. The molecule has 3 unspecified atom stereocenters. The SMILES string of the molecule is O=c1[nH]c(=O)n([C@H]2C[C@@H](O)C(COP(=O)(O)OP(=O)(O)OP(=O)(O)O)O2)cc1-c1cn(-c2c(Br)c(I)c(Br)c(I)c2Br)nn1. The van der Waals surface area contributed by atoms with Crippen molar-refractivity contribution in [3.05, 3.63) is 53.8 Å². The number of halogens is 5. The van der Waals surface area contributed by atoms with Gasteiger partial charge in [0.05, 0.1) is 39.1 Å². The lowest BCUT2D eigenvalue weighted by Crippen LogP contribution is -2.33. The number of aromatic nitrogens is 5. The van der Waals surface area contributed by atoms with E-state index in [1.807, 2.05) is 0 Å². The highest BCUT2D eigenvalue weighted by Gasteiger charge is 2.43.